The molecule has 0 aliphatic carbocycles. The number of nitrogens with two attached hydrogens (primary N) is 1. The summed E-state index contributed by atoms with van der Waals surface area (Å²) in [5.41, 5.74) is 9.72. The summed E-state index contributed by atoms with van der Waals surface area (Å²) < 4.78 is 0. The standard InChI is InChI=1S/C22H20N2O2/c1-15-6-3-10-19(12-15)24(20-11-4-7-16(2)13-20)22(26)18-9-5-8-17(14-18)21(23)25/h3-14H,1-2H3,(H2,23,25). The first-order chi connectivity index (χ1) is 12.5. The van der Waals surface area contributed by atoms with Gasteiger partial charge in [0.2, 0.25) is 5.91 Å². The van der Waals surface area contributed by atoms with Gasteiger partial charge in [-0.2, -0.15) is 0 Å². The zero-order valence-corrected chi connectivity index (χ0v) is 14.8. The molecule has 0 heterocycles. The maximum Gasteiger partial charge on any atom is 0.262 e. The van der Waals surface area contributed by atoms with Crippen LogP contribution in [0.15, 0.2) is 72.8 Å². The van der Waals surface area contributed by atoms with E-state index in [1.54, 1.807) is 23.1 Å². The molecule has 4 heteroatoms. The fraction of sp³-hybridized carbons (Fsp3) is 0.0909. The first-order valence-corrected chi connectivity index (χ1v) is 8.33. The summed E-state index contributed by atoms with van der Waals surface area (Å²) in [5, 5.41) is 0. The molecule has 0 unspecified atom stereocenters. The summed E-state index contributed by atoms with van der Waals surface area (Å²) in [6.45, 7) is 3.96. The molecule has 0 atom stereocenters. The molecule has 0 bridgehead atoms. The molecule has 0 fully saturated rings. The van der Waals surface area contributed by atoms with Crippen LogP contribution in [0.25, 0.3) is 0 Å². The highest BCUT2D eigenvalue weighted by Crippen LogP contribution is 2.29. The minimum Gasteiger partial charge on any atom is -0.366 e. The van der Waals surface area contributed by atoms with Gasteiger partial charge in [-0.1, -0.05) is 30.3 Å². The van der Waals surface area contributed by atoms with Crippen LogP contribution in [0.3, 0.4) is 0 Å². The number of carbonyl (C=O) groups is 2. The number of nitrogens with zero attached hydrogens (tertiary/aromatic N) is 1. The average Bonchev–Trinajstić information content (AvgIpc) is 2.62. The lowest BCUT2D eigenvalue weighted by Gasteiger charge is -2.24. The molecule has 130 valence electrons. The van der Waals surface area contributed by atoms with Crippen LogP contribution >= 0.6 is 0 Å². The Kier molecular flexibility index (Phi) is 4.85. The van der Waals surface area contributed by atoms with E-state index in [-0.39, 0.29) is 5.91 Å². The molecule has 26 heavy (non-hydrogen) atoms. The highest BCUT2D eigenvalue weighted by molar-refractivity contribution is 6.11. The Labute approximate surface area is 152 Å². The molecule has 4 nitrogen and oxygen atoms in total. The smallest absolute Gasteiger partial charge is 0.262 e. The number of hydrogen-bond acceptors (Lipinski definition) is 2. The van der Waals surface area contributed by atoms with Crippen molar-refractivity contribution in [3.05, 3.63) is 95.1 Å². The zero-order valence-electron chi connectivity index (χ0n) is 14.8. The third kappa shape index (κ3) is 3.64. The molecule has 3 aromatic carbocycles. The maximum absolute atomic E-state index is 13.3. The molecule has 0 saturated heterocycles. The van der Waals surface area contributed by atoms with Gasteiger partial charge >= 0.3 is 0 Å². The molecule has 0 saturated carbocycles. The molecule has 0 radical (unpaired) electrons. The van der Waals surface area contributed by atoms with Gasteiger partial charge in [-0.15, -0.1) is 0 Å². The van der Waals surface area contributed by atoms with Crippen molar-refractivity contribution in [1.29, 1.82) is 0 Å². The van der Waals surface area contributed by atoms with Crippen LogP contribution in [-0.4, -0.2) is 11.8 Å². The fourth-order valence-corrected chi connectivity index (χ4v) is 2.85. The first-order valence-electron chi connectivity index (χ1n) is 8.33. The Morgan fingerprint density at radius 2 is 1.23 bits per heavy atom. The van der Waals surface area contributed by atoms with E-state index in [1.807, 2.05) is 62.4 Å². The first kappa shape index (κ1) is 17.4. The Morgan fingerprint density at radius 1 is 0.731 bits per heavy atom. The van der Waals surface area contributed by atoms with Gasteiger partial charge in [-0.25, -0.2) is 0 Å². The van der Waals surface area contributed by atoms with Crippen LogP contribution in [0.4, 0.5) is 11.4 Å². The third-order valence-corrected chi connectivity index (χ3v) is 4.12. The predicted octanol–water partition coefficient (Wildman–Crippen LogP) is 4.38. The number of anilines is 2. The van der Waals surface area contributed by atoms with Gasteiger partial charge in [0.1, 0.15) is 0 Å². The zero-order chi connectivity index (χ0) is 18.7. The van der Waals surface area contributed by atoms with Gasteiger partial charge in [-0.05, 0) is 67.4 Å². The second kappa shape index (κ2) is 7.23. The van der Waals surface area contributed by atoms with E-state index in [0.29, 0.717) is 11.1 Å². The summed E-state index contributed by atoms with van der Waals surface area (Å²) in [5.74, 6) is -0.776. The van der Waals surface area contributed by atoms with E-state index in [0.717, 1.165) is 22.5 Å². The van der Waals surface area contributed by atoms with Gasteiger partial charge < -0.3 is 5.73 Å². The van der Waals surface area contributed by atoms with Crippen LogP contribution in [0, 0.1) is 13.8 Å². The van der Waals surface area contributed by atoms with E-state index in [4.69, 9.17) is 5.73 Å². The fourth-order valence-electron chi connectivity index (χ4n) is 2.85. The molecule has 0 aliphatic rings. The quantitative estimate of drug-likeness (QED) is 0.763. The van der Waals surface area contributed by atoms with E-state index in [1.165, 1.54) is 6.07 Å². The number of hydrogen-bond donors (Lipinski definition) is 1. The summed E-state index contributed by atoms with van der Waals surface area (Å²) >= 11 is 0. The molecule has 0 spiro atoms. The number of rotatable bonds is 4. The van der Waals surface area contributed by atoms with Gasteiger partial charge in [0.25, 0.3) is 5.91 Å². The van der Waals surface area contributed by atoms with Crippen molar-refractivity contribution in [2.24, 2.45) is 5.73 Å². The second-order valence-corrected chi connectivity index (χ2v) is 6.26. The molecule has 2 N–H and O–H groups in total. The van der Waals surface area contributed by atoms with Crippen LogP contribution in [0.1, 0.15) is 31.8 Å². The highest BCUT2D eigenvalue weighted by atomic mass is 16.2. The minimum atomic E-state index is -0.558. The van der Waals surface area contributed by atoms with Crippen LogP contribution in [0.5, 0.6) is 0 Å². The van der Waals surface area contributed by atoms with E-state index >= 15 is 0 Å². The number of amides is 2. The van der Waals surface area contributed by atoms with E-state index < -0.39 is 5.91 Å². The van der Waals surface area contributed by atoms with Crippen molar-refractivity contribution in [2.75, 3.05) is 4.90 Å². The van der Waals surface area contributed by atoms with E-state index in [9.17, 15) is 9.59 Å². The molecule has 0 aliphatic heterocycles. The van der Waals surface area contributed by atoms with Crippen LogP contribution < -0.4 is 10.6 Å². The Morgan fingerprint density at radius 3 is 1.73 bits per heavy atom. The van der Waals surface area contributed by atoms with Crippen molar-refractivity contribution in [2.45, 2.75) is 13.8 Å². The van der Waals surface area contributed by atoms with Crippen molar-refractivity contribution in [3.63, 3.8) is 0 Å². The maximum atomic E-state index is 13.3. The molecule has 3 rings (SSSR count). The summed E-state index contributed by atoms with van der Waals surface area (Å²) in [6, 6.07) is 22.0. The lowest BCUT2D eigenvalue weighted by atomic mass is 10.1. The third-order valence-electron chi connectivity index (χ3n) is 4.12. The van der Waals surface area contributed by atoms with Crippen LogP contribution in [0.2, 0.25) is 0 Å². The lowest BCUT2D eigenvalue weighted by Crippen LogP contribution is -2.26. The van der Waals surface area contributed by atoms with Gasteiger partial charge in [-0.3, -0.25) is 14.5 Å². The van der Waals surface area contributed by atoms with Crippen molar-refractivity contribution in [1.82, 2.24) is 0 Å². The number of carbonyl (C=O) groups excluding carboxylic acids is 2. The van der Waals surface area contributed by atoms with Gasteiger partial charge in [0, 0.05) is 22.5 Å². The van der Waals surface area contributed by atoms with Crippen molar-refractivity contribution < 1.29 is 9.59 Å². The SMILES string of the molecule is Cc1cccc(N(C(=O)c2cccc(C(N)=O)c2)c2cccc(C)c2)c1. The number of primary amides is 1. The van der Waals surface area contributed by atoms with Crippen molar-refractivity contribution >= 4 is 23.2 Å². The van der Waals surface area contributed by atoms with Crippen molar-refractivity contribution in [3.8, 4) is 0 Å². The number of aryl methyl sites for hydroxylation is 2. The highest BCUT2D eigenvalue weighted by Gasteiger charge is 2.21. The summed E-state index contributed by atoms with van der Waals surface area (Å²) in [7, 11) is 0. The summed E-state index contributed by atoms with van der Waals surface area (Å²) in [4.78, 5) is 26.4. The molecular weight excluding hydrogens is 324 g/mol. The minimum absolute atomic E-state index is 0.218. The predicted molar refractivity (Wildman–Crippen MR) is 104 cm³/mol. The monoisotopic (exact) mass is 344 g/mol. The average molecular weight is 344 g/mol. The number of benzene rings is 3. The largest absolute Gasteiger partial charge is 0.366 e. The van der Waals surface area contributed by atoms with Gasteiger partial charge in [0.15, 0.2) is 0 Å². The molecule has 0 aromatic heterocycles. The Balaban J connectivity index is 2.13. The summed E-state index contributed by atoms with van der Waals surface area (Å²) in [6.07, 6.45) is 0. The molecule has 3 aromatic rings. The Bertz CT molecular complexity index is 934. The normalized spacial score (nSPS) is 10.4. The lowest BCUT2D eigenvalue weighted by molar-refractivity contribution is 0.0998. The van der Waals surface area contributed by atoms with E-state index in [2.05, 4.69) is 0 Å². The molecule has 2 amide bonds. The van der Waals surface area contributed by atoms with Gasteiger partial charge in [0.05, 0.1) is 0 Å². The topological polar surface area (TPSA) is 63.4 Å². The molecular formula is C22H20N2O2. The second-order valence-electron chi connectivity index (χ2n) is 6.26. The van der Waals surface area contributed by atoms with Crippen LogP contribution in [-0.2, 0) is 0 Å². The Hall–Kier alpha value is -3.40.